The summed E-state index contributed by atoms with van der Waals surface area (Å²) < 4.78 is 0. The molecule has 0 aliphatic carbocycles. The van der Waals surface area contributed by atoms with Crippen molar-refractivity contribution in [2.24, 2.45) is 5.16 Å². The van der Waals surface area contributed by atoms with Gasteiger partial charge in [-0.1, -0.05) is 11.2 Å². The largest absolute Gasteiger partial charge is 0.477 e. The average molecular weight is 535 g/mol. The van der Waals surface area contributed by atoms with E-state index in [-0.39, 0.29) is 28.8 Å². The number of nitrogen functional groups attached to an aromatic ring is 1. The van der Waals surface area contributed by atoms with Gasteiger partial charge in [0.25, 0.3) is 11.8 Å². The molecule has 2 aliphatic rings. The number of carbonyl (C=O) groups excluding carboxylic acids is 2. The van der Waals surface area contributed by atoms with Gasteiger partial charge in [0.15, 0.2) is 10.8 Å². The van der Waals surface area contributed by atoms with Crippen LogP contribution in [0.2, 0.25) is 0 Å². The number of carboxylic acids is 1. The predicted octanol–water partition coefficient (Wildman–Crippen LogP) is 1.53. The number of thioether (sulfide) groups is 2. The van der Waals surface area contributed by atoms with Crippen molar-refractivity contribution in [3.63, 3.8) is 0 Å². The predicted molar refractivity (Wildman–Crippen MR) is 135 cm³/mol. The van der Waals surface area contributed by atoms with E-state index in [1.807, 2.05) is 18.2 Å². The number of hydrogen-bond donors (Lipinski definition) is 3. The molecule has 0 aromatic carbocycles. The molecular weight excluding hydrogens is 512 g/mol. The maximum atomic E-state index is 12.9. The first kappa shape index (κ1) is 25.0. The molecule has 2 atom stereocenters. The number of thiazole rings is 1. The first-order valence-corrected chi connectivity index (χ1v) is 13.5. The van der Waals surface area contributed by atoms with E-state index in [2.05, 4.69) is 20.4 Å². The number of nitrogens with zero attached hydrogens (tertiary/aromatic N) is 4. The molecule has 1 saturated heterocycles. The number of β-lactam (4-membered cyclic amide) rings is 1. The van der Waals surface area contributed by atoms with Crippen LogP contribution in [0.1, 0.15) is 18.3 Å². The number of nitrogens with one attached hydrogen (secondary N) is 1. The lowest BCUT2D eigenvalue weighted by Crippen LogP contribution is -2.71. The molecule has 0 radical (unpaired) electrons. The molecule has 35 heavy (non-hydrogen) atoms. The molecule has 4 N–H and O–H groups in total. The topological polar surface area (TPSA) is 160 Å². The minimum Gasteiger partial charge on any atom is -0.477 e. The number of nitrogens with two attached hydrogens (primary N) is 1. The number of amides is 2. The normalized spacial score (nSPS) is 19.7. The highest BCUT2D eigenvalue weighted by Crippen LogP contribution is 2.43. The highest BCUT2D eigenvalue weighted by Gasteiger charge is 2.54. The SMILES string of the molecule is CCO/N=C(\C(=O)N[C@@H]1C(=O)N2C(C(=O)O)=C(SCCc3ccccn3)CS[C@H]12)c1csc(N)n1. The average Bonchev–Trinajstić information content (AvgIpc) is 3.28. The first-order valence-electron chi connectivity index (χ1n) is 10.6. The van der Waals surface area contributed by atoms with Gasteiger partial charge in [0, 0.05) is 33.7 Å². The fourth-order valence-electron chi connectivity index (χ4n) is 3.47. The monoisotopic (exact) mass is 534 g/mol. The number of aliphatic carboxylic acids is 1. The van der Waals surface area contributed by atoms with Crippen molar-refractivity contribution in [1.29, 1.82) is 0 Å². The summed E-state index contributed by atoms with van der Waals surface area (Å²) in [6.07, 6.45) is 2.38. The van der Waals surface area contributed by atoms with Gasteiger partial charge in [0.2, 0.25) is 0 Å². The third-order valence-electron chi connectivity index (χ3n) is 5.05. The van der Waals surface area contributed by atoms with E-state index in [9.17, 15) is 19.5 Å². The van der Waals surface area contributed by atoms with Crippen LogP contribution in [0.25, 0.3) is 0 Å². The zero-order chi connectivity index (χ0) is 24.9. The number of carbonyl (C=O) groups is 3. The molecule has 184 valence electrons. The van der Waals surface area contributed by atoms with Crippen LogP contribution in [0, 0.1) is 0 Å². The maximum absolute atomic E-state index is 12.9. The summed E-state index contributed by atoms with van der Waals surface area (Å²) in [7, 11) is 0. The van der Waals surface area contributed by atoms with Gasteiger partial charge in [-0.3, -0.25) is 19.5 Å². The third kappa shape index (κ3) is 5.44. The smallest absolute Gasteiger partial charge is 0.353 e. The van der Waals surface area contributed by atoms with E-state index in [0.29, 0.717) is 22.8 Å². The molecule has 2 amide bonds. The number of anilines is 1. The number of oxime groups is 1. The lowest BCUT2D eigenvalue weighted by atomic mass is 10.0. The van der Waals surface area contributed by atoms with Gasteiger partial charge >= 0.3 is 5.97 Å². The van der Waals surface area contributed by atoms with Crippen molar-refractivity contribution in [2.75, 3.05) is 23.8 Å². The summed E-state index contributed by atoms with van der Waals surface area (Å²) in [4.78, 5) is 53.1. The van der Waals surface area contributed by atoms with Gasteiger partial charge in [-0.25, -0.2) is 9.78 Å². The van der Waals surface area contributed by atoms with Crippen LogP contribution < -0.4 is 11.1 Å². The second-order valence-electron chi connectivity index (χ2n) is 7.29. The molecule has 1 fully saturated rings. The van der Waals surface area contributed by atoms with Crippen LogP contribution in [-0.4, -0.2) is 73.0 Å². The molecule has 4 heterocycles. The number of pyridine rings is 1. The van der Waals surface area contributed by atoms with Crippen molar-refractivity contribution in [2.45, 2.75) is 24.8 Å². The summed E-state index contributed by atoms with van der Waals surface area (Å²) in [5.74, 6) is -1.28. The Morgan fingerprint density at radius 3 is 2.91 bits per heavy atom. The molecule has 11 nitrogen and oxygen atoms in total. The number of fused-ring (bicyclic) bond motifs is 1. The van der Waals surface area contributed by atoms with E-state index in [1.165, 1.54) is 28.4 Å². The van der Waals surface area contributed by atoms with Crippen molar-refractivity contribution >= 4 is 63.5 Å². The molecule has 0 bridgehead atoms. The van der Waals surface area contributed by atoms with Crippen molar-refractivity contribution in [1.82, 2.24) is 20.2 Å². The number of aryl methyl sites for hydroxylation is 1. The Hall–Kier alpha value is -3.10. The van der Waals surface area contributed by atoms with Gasteiger partial charge in [0.1, 0.15) is 29.4 Å². The molecule has 2 aliphatic heterocycles. The summed E-state index contributed by atoms with van der Waals surface area (Å²) in [5, 5.41) is 17.6. The summed E-state index contributed by atoms with van der Waals surface area (Å²) in [6.45, 7) is 1.95. The minimum absolute atomic E-state index is 0.0363. The van der Waals surface area contributed by atoms with Crippen molar-refractivity contribution in [3.05, 3.63) is 51.8 Å². The summed E-state index contributed by atoms with van der Waals surface area (Å²) in [5.41, 5.74) is 6.67. The van der Waals surface area contributed by atoms with E-state index < -0.39 is 29.2 Å². The second kappa shape index (κ2) is 11.1. The molecule has 0 unspecified atom stereocenters. The zero-order valence-electron chi connectivity index (χ0n) is 18.5. The highest BCUT2D eigenvalue weighted by molar-refractivity contribution is 8.06. The Balaban J connectivity index is 1.45. The third-order valence-corrected chi connectivity index (χ3v) is 8.28. The lowest BCUT2D eigenvalue weighted by molar-refractivity contribution is -0.150. The lowest BCUT2D eigenvalue weighted by Gasteiger charge is -2.49. The van der Waals surface area contributed by atoms with Gasteiger partial charge in [-0.15, -0.1) is 34.9 Å². The fraction of sp³-hybridized carbons (Fsp3) is 0.333. The molecule has 14 heteroatoms. The zero-order valence-corrected chi connectivity index (χ0v) is 21.0. The van der Waals surface area contributed by atoms with Crippen LogP contribution in [0.5, 0.6) is 0 Å². The molecule has 0 saturated carbocycles. The Labute approximate surface area is 213 Å². The van der Waals surface area contributed by atoms with E-state index >= 15 is 0 Å². The summed E-state index contributed by atoms with van der Waals surface area (Å²) >= 11 is 3.94. The van der Waals surface area contributed by atoms with Crippen LogP contribution in [0.3, 0.4) is 0 Å². The van der Waals surface area contributed by atoms with Crippen LogP contribution in [0.15, 0.2) is 45.5 Å². The number of aromatic nitrogens is 2. The molecule has 2 aromatic rings. The maximum Gasteiger partial charge on any atom is 0.353 e. The Morgan fingerprint density at radius 2 is 2.26 bits per heavy atom. The molecule has 0 spiro atoms. The fourth-order valence-corrected chi connectivity index (χ4v) is 6.63. The Bertz CT molecular complexity index is 1190. The summed E-state index contributed by atoms with van der Waals surface area (Å²) in [6, 6.07) is 4.75. The van der Waals surface area contributed by atoms with Crippen LogP contribution in [-0.2, 0) is 25.6 Å². The first-order chi connectivity index (χ1) is 16.9. The van der Waals surface area contributed by atoms with E-state index in [4.69, 9.17) is 10.6 Å². The molecule has 4 rings (SSSR count). The van der Waals surface area contributed by atoms with Gasteiger partial charge in [0.05, 0.1) is 0 Å². The Morgan fingerprint density at radius 1 is 1.43 bits per heavy atom. The Kier molecular flexibility index (Phi) is 7.93. The van der Waals surface area contributed by atoms with Crippen molar-refractivity contribution < 1.29 is 24.3 Å². The van der Waals surface area contributed by atoms with E-state index in [1.54, 1.807) is 18.5 Å². The van der Waals surface area contributed by atoms with E-state index in [0.717, 1.165) is 17.0 Å². The van der Waals surface area contributed by atoms with Crippen molar-refractivity contribution in [3.8, 4) is 0 Å². The molecule has 2 aromatic heterocycles. The number of rotatable bonds is 10. The quantitative estimate of drug-likeness (QED) is 0.232. The number of carboxylic acid groups (broad SMARTS) is 1. The van der Waals surface area contributed by atoms with Gasteiger partial charge in [-0.05, 0) is 25.5 Å². The van der Waals surface area contributed by atoms with Gasteiger partial charge in [-0.2, -0.15) is 0 Å². The second-order valence-corrected chi connectivity index (χ2v) is 10.5. The minimum atomic E-state index is -1.18. The van der Waals surface area contributed by atoms with Crippen LogP contribution in [0.4, 0.5) is 5.13 Å². The molecular formula is C21H22N6O5S3. The number of hydrogen-bond acceptors (Lipinski definition) is 11. The van der Waals surface area contributed by atoms with Crippen LogP contribution >= 0.6 is 34.9 Å². The standard InChI is InChI=1S/C21H22N6O5S3/c1-2-32-26-14(12-9-35-21(22)24-12)17(28)25-15-18(29)27-16(20(30)31)13(10-34-19(15)27)33-8-6-11-5-3-4-7-23-11/h3-5,7,9,15,19H,2,6,8,10H2,1H3,(H2,22,24)(H,25,28)(H,30,31)/b26-14-/t15-,19-/m1/s1. The van der Waals surface area contributed by atoms with Gasteiger partial charge < -0.3 is 21.0 Å². The highest BCUT2D eigenvalue weighted by atomic mass is 32.2.